The van der Waals surface area contributed by atoms with Gasteiger partial charge in [-0.2, -0.15) is 0 Å². The van der Waals surface area contributed by atoms with E-state index >= 15 is 0 Å². The molecular formula is C19H21N5O2. The predicted molar refractivity (Wildman–Crippen MR) is 96.9 cm³/mol. The molecule has 0 radical (unpaired) electrons. The van der Waals surface area contributed by atoms with Gasteiger partial charge in [0.2, 0.25) is 0 Å². The lowest BCUT2D eigenvalue weighted by Crippen LogP contribution is -2.28. The highest BCUT2D eigenvalue weighted by Gasteiger charge is 2.31. The lowest BCUT2D eigenvalue weighted by atomic mass is 10.1. The number of nitrogens with zero attached hydrogens (tertiary/aromatic N) is 5. The number of hydrogen-bond acceptors (Lipinski definition) is 5. The van der Waals surface area contributed by atoms with Crippen LogP contribution in [0.25, 0.3) is 11.2 Å². The summed E-state index contributed by atoms with van der Waals surface area (Å²) in [5, 5.41) is 0. The molecule has 3 aromatic heterocycles. The van der Waals surface area contributed by atoms with Crippen LogP contribution in [0.3, 0.4) is 0 Å². The fourth-order valence-corrected chi connectivity index (χ4v) is 3.52. The van der Waals surface area contributed by atoms with Crippen LogP contribution in [0.2, 0.25) is 0 Å². The number of fused-ring (bicyclic) bond motifs is 1. The summed E-state index contributed by atoms with van der Waals surface area (Å²) in [4.78, 5) is 27.9. The highest BCUT2D eigenvalue weighted by atomic mass is 16.5. The Kier molecular flexibility index (Phi) is 4.62. The molecule has 0 saturated carbocycles. The van der Waals surface area contributed by atoms with Crippen LogP contribution in [0.15, 0.2) is 42.9 Å². The van der Waals surface area contributed by atoms with Gasteiger partial charge in [0.05, 0.1) is 12.2 Å². The summed E-state index contributed by atoms with van der Waals surface area (Å²) in [5.74, 6) is 1.21. The molecule has 0 N–H and O–H groups in total. The van der Waals surface area contributed by atoms with E-state index < -0.39 is 0 Å². The molecule has 3 aromatic rings. The normalized spacial score (nSPS) is 17.1. The molecule has 0 unspecified atom stereocenters. The average molecular weight is 351 g/mol. The van der Waals surface area contributed by atoms with Gasteiger partial charge in [0.15, 0.2) is 5.65 Å². The Bertz CT molecular complexity index is 909. The van der Waals surface area contributed by atoms with Gasteiger partial charge < -0.3 is 14.2 Å². The molecule has 4 rings (SSSR count). The zero-order valence-electron chi connectivity index (χ0n) is 14.7. The number of hydrogen-bond donors (Lipinski definition) is 0. The molecule has 1 amide bonds. The van der Waals surface area contributed by atoms with Gasteiger partial charge in [0.25, 0.3) is 5.91 Å². The topological polar surface area (TPSA) is 73.1 Å². The summed E-state index contributed by atoms with van der Waals surface area (Å²) < 4.78 is 7.38. The summed E-state index contributed by atoms with van der Waals surface area (Å²) in [6.07, 6.45) is 5.97. The van der Waals surface area contributed by atoms with Crippen LogP contribution in [-0.4, -0.2) is 57.1 Å². The first-order valence-corrected chi connectivity index (χ1v) is 8.77. The minimum absolute atomic E-state index is 0.0262. The molecule has 1 aliphatic rings. The van der Waals surface area contributed by atoms with Gasteiger partial charge in [-0.15, -0.1) is 0 Å². The molecule has 0 aromatic carbocycles. The number of pyridine rings is 2. The molecule has 7 nitrogen and oxygen atoms in total. The fourth-order valence-electron chi connectivity index (χ4n) is 3.52. The number of rotatable bonds is 5. The Hall–Kier alpha value is -2.80. The number of carbonyl (C=O) groups excluding carboxylic acids is 1. The molecule has 4 heterocycles. The van der Waals surface area contributed by atoms with Crippen LogP contribution in [-0.2, 0) is 11.3 Å². The smallest absolute Gasteiger partial charge is 0.255 e. The second-order valence-corrected chi connectivity index (χ2v) is 6.44. The molecule has 7 heteroatoms. The van der Waals surface area contributed by atoms with E-state index in [0.29, 0.717) is 25.3 Å². The van der Waals surface area contributed by atoms with Gasteiger partial charge in [-0.3, -0.25) is 9.78 Å². The maximum absolute atomic E-state index is 12.7. The first-order valence-electron chi connectivity index (χ1n) is 8.77. The lowest BCUT2D eigenvalue weighted by molar-refractivity contribution is 0.0790. The van der Waals surface area contributed by atoms with Crippen molar-refractivity contribution >= 4 is 17.1 Å². The van der Waals surface area contributed by atoms with E-state index in [-0.39, 0.29) is 11.8 Å². The summed E-state index contributed by atoms with van der Waals surface area (Å²) in [6, 6.07) is 7.46. The van der Waals surface area contributed by atoms with Crippen molar-refractivity contribution in [3.8, 4) is 0 Å². The van der Waals surface area contributed by atoms with Crippen molar-refractivity contribution in [2.75, 3.05) is 26.8 Å². The number of likely N-dealkylation sites (tertiary alicyclic amines) is 1. The molecule has 1 saturated heterocycles. The molecular weight excluding hydrogens is 330 g/mol. The maximum atomic E-state index is 12.7. The van der Waals surface area contributed by atoms with Crippen molar-refractivity contribution in [2.45, 2.75) is 18.9 Å². The third kappa shape index (κ3) is 3.06. The first kappa shape index (κ1) is 16.7. The molecule has 0 aliphatic carbocycles. The van der Waals surface area contributed by atoms with E-state index in [0.717, 1.165) is 30.0 Å². The molecule has 1 atom stereocenters. The zero-order chi connectivity index (χ0) is 17.9. The van der Waals surface area contributed by atoms with Crippen molar-refractivity contribution in [1.29, 1.82) is 0 Å². The summed E-state index contributed by atoms with van der Waals surface area (Å²) >= 11 is 0. The largest absolute Gasteiger partial charge is 0.383 e. The second kappa shape index (κ2) is 7.21. The van der Waals surface area contributed by atoms with E-state index in [1.54, 1.807) is 37.8 Å². The highest BCUT2D eigenvalue weighted by molar-refractivity contribution is 5.94. The zero-order valence-corrected chi connectivity index (χ0v) is 14.7. The van der Waals surface area contributed by atoms with E-state index in [1.165, 1.54) is 0 Å². The Morgan fingerprint density at radius 1 is 1.31 bits per heavy atom. The highest BCUT2D eigenvalue weighted by Crippen LogP contribution is 2.29. The summed E-state index contributed by atoms with van der Waals surface area (Å²) in [6.45, 7) is 2.68. The van der Waals surface area contributed by atoms with Gasteiger partial charge in [-0.05, 0) is 30.7 Å². The van der Waals surface area contributed by atoms with Crippen LogP contribution < -0.4 is 0 Å². The van der Waals surface area contributed by atoms with Crippen LogP contribution >= 0.6 is 0 Å². The lowest BCUT2D eigenvalue weighted by Gasteiger charge is -2.17. The van der Waals surface area contributed by atoms with Crippen LogP contribution in [0.4, 0.5) is 0 Å². The van der Waals surface area contributed by atoms with E-state index in [4.69, 9.17) is 9.72 Å². The Morgan fingerprint density at radius 2 is 2.19 bits per heavy atom. The van der Waals surface area contributed by atoms with Crippen molar-refractivity contribution in [1.82, 2.24) is 24.4 Å². The van der Waals surface area contributed by atoms with Gasteiger partial charge in [0.1, 0.15) is 11.3 Å². The molecule has 0 spiro atoms. The monoisotopic (exact) mass is 351 g/mol. The predicted octanol–water partition coefficient (Wildman–Crippen LogP) is 2.10. The molecule has 134 valence electrons. The van der Waals surface area contributed by atoms with E-state index in [2.05, 4.69) is 14.5 Å². The number of ether oxygens (including phenoxy) is 1. The van der Waals surface area contributed by atoms with Crippen molar-refractivity contribution in [2.24, 2.45) is 0 Å². The van der Waals surface area contributed by atoms with E-state index in [9.17, 15) is 4.79 Å². The first-order chi connectivity index (χ1) is 12.8. The number of amides is 1. The SMILES string of the molecule is COCCn1c([C@@H]2CCN(C(=O)c3cccnc3)C2)nc2cccnc21. The molecule has 1 aliphatic heterocycles. The molecule has 26 heavy (non-hydrogen) atoms. The third-order valence-corrected chi connectivity index (χ3v) is 4.80. The quantitative estimate of drug-likeness (QED) is 0.704. The standard InChI is InChI=1S/C19H21N5O2/c1-26-11-10-24-17(22-16-5-3-8-21-18(16)24)15-6-9-23(13-15)19(25)14-4-2-7-20-12-14/h2-5,7-8,12,15H,6,9-11,13H2,1H3/t15-/m1/s1. The minimum atomic E-state index is 0.0262. The number of aromatic nitrogens is 4. The number of carbonyl (C=O) groups is 1. The van der Waals surface area contributed by atoms with Crippen LogP contribution in [0, 0.1) is 0 Å². The second-order valence-electron chi connectivity index (χ2n) is 6.44. The van der Waals surface area contributed by atoms with Crippen LogP contribution in [0.1, 0.15) is 28.5 Å². The third-order valence-electron chi connectivity index (χ3n) is 4.80. The summed E-state index contributed by atoms with van der Waals surface area (Å²) in [7, 11) is 1.69. The number of methoxy groups -OCH3 is 1. The molecule has 0 bridgehead atoms. The van der Waals surface area contributed by atoms with Gasteiger partial charge in [-0.25, -0.2) is 9.97 Å². The fraction of sp³-hybridized carbons (Fsp3) is 0.368. The average Bonchev–Trinajstić information content (AvgIpc) is 3.31. The van der Waals surface area contributed by atoms with Gasteiger partial charge in [0, 0.05) is 51.3 Å². The minimum Gasteiger partial charge on any atom is -0.383 e. The summed E-state index contributed by atoms with van der Waals surface area (Å²) in [5.41, 5.74) is 2.38. The Balaban J connectivity index is 1.59. The molecule has 1 fully saturated rings. The van der Waals surface area contributed by atoms with Crippen molar-refractivity contribution < 1.29 is 9.53 Å². The number of imidazole rings is 1. The van der Waals surface area contributed by atoms with E-state index in [1.807, 2.05) is 17.0 Å². The Labute approximate surface area is 151 Å². The van der Waals surface area contributed by atoms with Gasteiger partial charge in [-0.1, -0.05) is 0 Å². The van der Waals surface area contributed by atoms with Gasteiger partial charge >= 0.3 is 0 Å². The Morgan fingerprint density at radius 3 is 3.00 bits per heavy atom. The van der Waals surface area contributed by atoms with Crippen molar-refractivity contribution in [3.63, 3.8) is 0 Å². The maximum Gasteiger partial charge on any atom is 0.255 e. The van der Waals surface area contributed by atoms with Crippen molar-refractivity contribution in [3.05, 3.63) is 54.2 Å². The van der Waals surface area contributed by atoms with Crippen LogP contribution in [0.5, 0.6) is 0 Å².